The van der Waals surface area contributed by atoms with Gasteiger partial charge in [-0.25, -0.2) is 4.79 Å². The van der Waals surface area contributed by atoms with Crippen molar-refractivity contribution in [2.24, 2.45) is 0 Å². The molecule has 2 rings (SSSR count). The molecule has 0 saturated carbocycles. The lowest BCUT2D eigenvalue weighted by Gasteiger charge is -2.09. The van der Waals surface area contributed by atoms with Gasteiger partial charge in [0.2, 0.25) is 0 Å². The van der Waals surface area contributed by atoms with Crippen LogP contribution in [0.15, 0.2) is 46.9 Å². The number of nitrogens with one attached hydrogen (secondary N) is 1. The first kappa shape index (κ1) is 13.9. The van der Waals surface area contributed by atoms with Crippen LogP contribution >= 0.6 is 27.5 Å². The molecule has 0 aliphatic carbocycles. The maximum Gasteiger partial charge on any atom is 0.335 e. The zero-order chi connectivity index (χ0) is 13.8. The van der Waals surface area contributed by atoms with Gasteiger partial charge in [0.05, 0.1) is 16.3 Å². The molecule has 19 heavy (non-hydrogen) atoms. The third-order valence-electron chi connectivity index (χ3n) is 2.59. The summed E-state index contributed by atoms with van der Waals surface area (Å²) in [5.41, 5.74) is 1.98. The Labute approximate surface area is 124 Å². The first-order chi connectivity index (χ1) is 9.06. The van der Waals surface area contributed by atoms with Gasteiger partial charge in [-0.2, -0.15) is 0 Å². The summed E-state index contributed by atoms with van der Waals surface area (Å²) in [6.45, 7) is 0.516. The maximum absolute atomic E-state index is 10.9. The lowest BCUT2D eigenvalue weighted by atomic mass is 10.1. The van der Waals surface area contributed by atoms with Crippen molar-refractivity contribution in [2.75, 3.05) is 5.32 Å². The Morgan fingerprint density at radius 1 is 1.26 bits per heavy atom. The molecule has 0 unspecified atom stereocenters. The summed E-state index contributed by atoms with van der Waals surface area (Å²) in [6, 6.07) is 12.4. The van der Waals surface area contributed by atoms with Crippen LogP contribution in [-0.4, -0.2) is 11.1 Å². The molecule has 0 aliphatic heterocycles. The van der Waals surface area contributed by atoms with Gasteiger partial charge in [-0.05, 0) is 35.9 Å². The van der Waals surface area contributed by atoms with Crippen molar-refractivity contribution in [1.29, 1.82) is 0 Å². The van der Waals surface area contributed by atoms with E-state index < -0.39 is 5.97 Å². The second-order valence-corrected chi connectivity index (χ2v) is 5.31. The molecule has 0 amide bonds. The highest BCUT2D eigenvalue weighted by Crippen LogP contribution is 2.26. The van der Waals surface area contributed by atoms with Crippen molar-refractivity contribution < 1.29 is 9.90 Å². The van der Waals surface area contributed by atoms with Crippen LogP contribution in [-0.2, 0) is 6.54 Å². The fourth-order valence-corrected chi connectivity index (χ4v) is 2.38. The van der Waals surface area contributed by atoms with Crippen molar-refractivity contribution in [3.05, 3.63) is 63.1 Å². The Morgan fingerprint density at radius 2 is 2.05 bits per heavy atom. The summed E-state index contributed by atoms with van der Waals surface area (Å²) in [7, 11) is 0. The van der Waals surface area contributed by atoms with E-state index in [1.807, 2.05) is 18.2 Å². The average Bonchev–Trinajstić information content (AvgIpc) is 2.38. The summed E-state index contributed by atoms with van der Waals surface area (Å²) in [6.07, 6.45) is 0. The summed E-state index contributed by atoms with van der Waals surface area (Å²) >= 11 is 9.43. The second kappa shape index (κ2) is 6.08. The summed E-state index contributed by atoms with van der Waals surface area (Å²) < 4.78 is 0.913. The Balaban J connectivity index is 2.10. The van der Waals surface area contributed by atoms with E-state index in [2.05, 4.69) is 21.2 Å². The predicted octanol–water partition coefficient (Wildman–Crippen LogP) is 4.41. The normalized spacial score (nSPS) is 10.2. The molecular weight excluding hydrogens is 330 g/mol. The number of carboxylic acid groups (broad SMARTS) is 1. The molecule has 0 aromatic heterocycles. The SMILES string of the molecule is O=C(O)c1cccc(CNc2ccc(Br)cc2Cl)c1. The molecule has 0 radical (unpaired) electrons. The minimum Gasteiger partial charge on any atom is -0.478 e. The fraction of sp³-hybridized carbons (Fsp3) is 0.0714. The predicted molar refractivity (Wildman–Crippen MR) is 79.9 cm³/mol. The fourth-order valence-electron chi connectivity index (χ4n) is 1.64. The largest absolute Gasteiger partial charge is 0.478 e. The summed E-state index contributed by atoms with van der Waals surface area (Å²) in [5.74, 6) is -0.927. The van der Waals surface area contributed by atoms with Crippen LogP contribution in [0.1, 0.15) is 15.9 Å². The van der Waals surface area contributed by atoms with Gasteiger partial charge in [0.25, 0.3) is 0 Å². The van der Waals surface area contributed by atoms with Crippen LogP contribution in [0.5, 0.6) is 0 Å². The third-order valence-corrected chi connectivity index (χ3v) is 3.39. The molecule has 0 fully saturated rings. The standard InChI is InChI=1S/C14H11BrClNO2/c15-11-4-5-13(12(16)7-11)17-8-9-2-1-3-10(6-9)14(18)19/h1-7,17H,8H2,(H,18,19). The molecule has 2 N–H and O–H groups in total. The Kier molecular flexibility index (Phi) is 4.45. The van der Waals surface area contributed by atoms with Gasteiger partial charge < -0.3 is 10.4 Å². The molecule has 5 heteroatoms. The van der Waals surface area contributed by atoms with E-state index in [0.717, 1.165) is 15.7 Å². The van der Waals surface area contributed by atoms with Crippen LogP contribution < -0.4 is 5.32 Å². The molecular formula is C14H11BrClNO2. The molecule has 98 valence electrons. The van der Waals surface area contributed by atoms with Gasteiger partial charge in [-0.3, -0.25) is 0 Å². The van der Waals surface area contributed by atoms with Crippen LogP contribution in [0.25, 0.3) is 0 Å². The first-order valence-corrected chi connectivity index (χ1v) is 6.74. The Morgan fingerprint density at radius 3 is 2.74 bits per heavy atom. The van der Waals surface area contributed by atoms with Gasteiger partial charge in [-0.15, -0.1) is 0 Å². The number of halogens is 2. The number of hydrogen-bond donors (Lipinski definition) is 2. The zero-order valence-electron chi connectivity index (χ0n) is 9.86. The quantitative estimate of drug-likeness (QED) is 0.866. The van der Waals surface area contributed by atoms with Gasteiger partial charge in [0.1, 0.15) is 0 Å². The average molecular weight is 341 g/mol. The highest BCUT2D eigenvalue weighted by atomic mass is 79.9. The summed E-state index contributed by atoms with van der Waals surface area (Å²) in [4.78, 5) is 10.9. The van der Waals surface area contributed by atoms with Crippen molar-refractivity contribution in [2.45, 2.75) is 6.54 Å². The van der Waals surface area contributed by atoms with Gasteiger partial charge >= 0.3 is 5.97 Å². The topological polar surface area (TPSA) is 49.3 Å². The molecule has 0 saturated heterocycles. The molecule has 2 aromatic rings. The molecule has 2 aromatic carbocycles. The van der Waals surface area contributed by atoms with E-state index in [-0.39, 0.29) is 5.56 Å². The highest BCUT2D eigenvalue weighted by molar-refractivity contribution is 9.10. The monoisotopic (exact) mass is 339 g/mol. The molecule has 0 bridgehead atoms. The number of carboxylic acids is 1. The van der Waals surface area contributed by atoms with Crippen molar-refractivity contribution >= 4 is 39.2 Å². The number of anilines is 1. The molecule has 0 aliphatic rings. The Hall–Kier alpha value is -1.52. The van der Waals surface area contributed by atoms with Crippen LogP contribution in [0.2, 0.25) is 5.02 Å². The lowest BCUT2D eigenvalue weighted by molar-refractivity contribution is 0.0697. The van der Waals surface area contributed by atoms with Gasteiger partial charge in [0, 0.05) is 11.0 Å². The van der Waals surface area contributed by atoms with E-state index in [1.54, 1.807) is 24.3 Å². The molecule has 0 heterocycles. The summed E-state index contributed by atoms with van der Waals surface area (Å²) in [5, 5.41) is 12.7. The number of benzene rings is 2. The number of rotatable bonds is 4. The Bertz CT molecular complexity index is 616. The number of carbonyl (C=O) groups is 1. The van der Waals surface area contributed by atoms with Crippen molar-refractivity contribution in [3.63, 3.8) is 0 Å². The third kappa shape index (κ3) is 3.72. The highest BCUT2D eigenvalue weighted by Gasteiger charge is 2.04. The minimum absolute atomic E-state index is 0.279. The van der Waals surface area contributed by atoms with Gasteiger partial charge in [-0.1, -0.05) is 39.7 Å². The van der Waals surface area contributed by atoms with E-state index >= 15 is 0 Å². The number of hydrogen-bond acceptors (Lipinski definition) is 2. The second-order valence-electron chi connectivity index (χ2n) is 3.98. The van der Waals surface area contributed by atoms with Crippen molar-refractivity contribution in [3.8, 4) is 0 Å². The van der Waals surface area contributed by atoms with Gasteiger partial charge in [0.15, 0.2) is 0 Å². The van der Waals surface area contributed by atoms with E-state index in [9.17, 15) is 4.79 Å². The molecule has 3 nitrogen and oxygen atoms in total. The van der Waals surface area contributed by atoms with E-state index in [4.69, 9.17) is 16.7 Å². The van der Waals surface area contributed by atoms with Crippen LogP contribution in [0, 0.1) is 0 Å². The van der Waals surface area contributed by atoms with Crippen molar-refractivity contribution in [1.82, 2.24) is 0 Å². The number of aromatic carboxylic acids is 1. The first-order valence-electron chi connectivity index (χ1n) is 5.57. The minimum atomic E-state index is -0.927. The van der Waals surface area contributed by atoms with Crippen LogP contribution in [0.3, 0.4) is 0 Å². The zero-order valence-corrected chi connectivity index (χ0v) is 12.2. The van der Waals surface area contributed by atoms with Crippen LogP contribution in [0.4, 0.5) is 5.69 Å². The van der Waals surface area contributed by atoms with E-state index in [1.165, 1.54) is 0 Å². The maximum atomic E-state index is 10.9. The smallest absolute Gasteiger partial charge is 0.335 e. The van der Waals surface area contributed by atoms with E-state index in [0.29, 0.717) is 11.6 Å². The molecule has 0 spiro atoms. The lowest BCUT2D eigenvalue weighted by Crippen LogP contribution is -2.02. The molecule has 0 atom stereocenters.